The number of ether oxygens (including phenoxy) is 1. The first-order valence-electron chi connectivity index (χ1n) is 8.43. The molecule has 0 radical (unpaired) electrons. The third-order valence-electron chi connectivity index (χ3n) is 4.02. The highest BCUT2D eigenvalue weighted by Gasteiger charge is 2.36. The lowest BCUT2D eigenvalue weighted by atomic mass is 10.1. The van der Waals surface area contributed by atoms with Gasteiger partial charge in [0.1, 0.15) is 11.3 Å². The number of benzene rings is 2. The van der Waals surface area contributed by atoms with E-state index in [9.17, 15) is 19.2 Å². The first-order chi connectivity index (χ1) is 13.8. The fourth-order valence-electron chi connectivity index (χ4n) is 2.57. The van der Waals surface area contributed by atoms with E-state index in [-0.39, 0.29) is 11.3 Å². The Morgan fingerprint density at radius 2 is 1.86 bits per heavy atom. The summed E-state index contributed by atoms with van der Waals surface area (Å²) < 4.78 is 5.23. The van der Waals surface area contributed by atoms with Crippen molar-refractivity contribution in [3.63, 3.8) is 0 Å². The molecule has 2 aromatic carbocycles. The molecule has 0 aliphatic carbocycles. The number of barbiturate groups is 1. The molecule has 8 nitrogen and oxygen atoms in total. The fraction of sp³-hybridized carbons (Fsp3) is 0.100. The predicted octanol–water partition coefficient (Wildman–Crippen LogP) is 2.86. The van der Waals surface area contributed by atoms with Gasteiger partial charge in [0.2, 0.25) is 0 Å². The summed E-state index contributed by atoms with van der Waals surface area (Å²) in [6, 6.07) is 11.4. The summed E-state index contributed by atoms with van der Waals surface area (Å²) in [7, 11) is 0. The van der Waals surface area contributed by atoms with Gasteiger partial charge in [-0.15, -0.1) is 0 Å². The van der Waals surface area contributed by atoms with E-state index in [1.54, 1.807) is 24.3 Å². The number of carboxylic acids is 1. The molecule has 0 unspecified atom stereocenters. The number of rotatable bonds is 5. The molecule has 148 valence electrons. The molecule has 1 aliphatic rings. The van der Waals surface area contributed by atoms with Crippen LogP contribution in [0, 0.1) is 0 Å². The first kappa shape index (κ1) is 20.1. The minimum Gasteiger partial charge on any atom is -0.479 e. The smallest absolute Gasteiger partial charge is 0.344 e. The van der Waals surface area contributed by atoms with Crippen LogP contribution in [0.25, 0.3) is 6.08 Å². The van der Waals surface area contributed by atoms with Crippen molar-refractivity contribution in [3.05, 3.63) is 64.7 Å². The number of hydrogen-bond acceptors (Lipinski definition) is 5. The van der Waals surface area contributed by atoms with Gasteiger partial charge in [0.25, 0.3) is 11.8 Å². The molecule has 4 amide bonds. The van der Waals surface area contributed by atoms with E-state index >= 15 is 0 Å². The standard InChI is InChI=1S/C20H15ClN2O6/c1-11(19(26)27)29-15-7-5-12(6-8-15)9-16-17(24)22-20(28)23(18(16)25)14-4-2-3-13(21)10-14/h2-11H,1H3,(H,26,27)(H,22,24,28)/b16-9-/t11-/m0/s1. The lowest BCUT2D eigenvalue weighted by molar-refractivity contribution is -0.144. The van der Waals surface area contributed by atoms with Gasteiger partial charge in [0, 0.05) is 5.02 Å². The van der Waals surface area contributed by atoms with Gasteiger partial charge in [-0.05, 0) is 48.9 Å². The Morgan fingerprint density at radius 3 is 2.48 bits per heavy atom. The molecule has 0 bridgehead atoms. The number of anilines is 1. The van der Waals surface area contributed by atoms with Crippen LogP contribution in [0.2, 0.25) is 5.02 Å². The fourth-order valence-corrected chi connectivity index (χ4v) is 2.76. The molecule has 0 spiro atoms. The molecule has 3 rings (SSSR count). The molecule has 0 saturated carbocycles. The Hall–Kier alpha value is -3.65. The average Bonchev–Trinajstić information content (AvgIpc) is 2.66. The largest absolute Gasteiger partial charge is 0.479 e. The van der Waals surface area contributed by atoms with E-state index < -0.39 is 29.9 Å². The summed E-state index contributed by atoms with van der Waals surface area (Å²) in [5, 5.41) is 11.3. The van der Waals surface area contributed by atoms with E-state index in [4.69, 9.17) is 21.4 Å². The van der Waals surface area contributed by atoms with Crippen LogP contribution < -0.4 is 15.0 Å². The number of nitrogens with one attached hydrogen (secondary N) is 1. The Labute approximate surface area is 170 Å². The number of nitrogens with zero attached hydrogens (tertiary/aromatic N) is 1. The van der Waals surface area contributed by atoms with Crippen molar-refractivity contribution in [3.8, 4) is 5.75 Å². The lowest BCUT2D eigenvalue weighted by Crippen LogP contribution is -2.54. The number of carbonyl (C=O) groups excluding carboxylic acids is 3. The molecule has 9 heteroatoms. The number of hydrogen-bond donors (Lipinski definition) is 2. The Morgan fingerprint density at radius 1 is 1.17 bits per heavy atom. The summed E-state index contributed by atoms with van der Waals surface area (Å²) >= 11 is 5.92. The van der Waals surface area contributed by atoms with Gasteiger partial charge in [-0.1, -0.05) is 29.8 Å². The van der Waals surface area contributed by atoms with Crippen LogP contribution in [-0.2, 0) is 14.4 Å². The molecule has 2 aromatic rings. The van der Waals surface area contributed by atoms with Gasteiger partial charge in [-0.25, -0.2) is 14.5 Å². The average molecular weight is 415 g/mol. The molecular formula is C20H15ClN2O6. The van der Waals surface area contributed by atoms with Crippen LogP contribution in [0.4, 0.5) is 10.5 Å². The maximum Gasteiger partial charge on any atom is 0.344 e. The first-order valence-corrected chi connectivity index (χ1v) is 8.80. The summed E-state index contributed by atoms with van der Waals surface area (Å²) in [6.45, 7) is 1.39. The van der Waals surface area contributed by atoms with Crippen LogP contribution in [0.3, 0.4) is 0 Å². The van der Waals surface area contributed by atoms with Gasteiger partial charge in [0.15, 0.2) is 6.10 Å². The van der Waals surface area contributed by atoms with E-state index in [1.807, 2.05) is 0 Å². The molecule has 1 aliphatic heterocycles. The topological polar surface area (TPSA) is 113 Å². The zero-order chi connectivity index (χ0) is 21.1. The number of carbonyl (C=O) groups is 4. The quantitative estimate of drug-likeness (QED) is 0.574. The predicted molar refractivity (Wildman–Crippen MR) is 105 cm³/mol. The van der Waals surface area contributed by atoms with Gasteiger partial charge >= 0.3 is 12.0 Å². The third kappa shape index (κ3) is 4.44. The zero-order valence-corrected chi connectivity index (χ0v) is 15.8. The van der Waals surface area contributed by atoms with Crippen LogP contribution in [0.1, 0.15) is 12.5 Å². The molecule has 29 heavy (non-hydrogen) atoms. The van der Waals surface area contributed by atoms with Crippen molar-refractivity contribution in [2.75, 3.05) is 4.90 Å². The van der Waals surface area contributed by atoms with Gasteiger partial charge in [-0.2, -0.15) is 0 Å². The van der Waals surface area contributed by atoms with Gasteiger partial charge < -0.3 is 9.84 Å². The summed E-state index contributed by atoms with van der Waals surface area (Å²) in [5.41, 5.74) is 0.473. The normalized spacial score (nSPS) is 16.6. The maximum absolute atomic E-state index is 12.8. The summed E-state index contributed by atoms with van der Waals surface area (Å²) in [6.07, 6.45) is 0.300. The number of carboxylic acid groups (broad SMARTS) is 1. The van der Waals surface area contributed by atoms with E-state index in [0.29, 0.717) is 16.3 Å². The Bertz CT molecular complexity index is 1030. The van der Waals surface area contributed by atoms with E-state index in [0.717, 1.165) is 4.90 Å². The second-order valence-corrected chi connectivity index (χ2v) is 6.54. The van der Waals surface area contributed by atoms with E-state index in [2.05, 4.69) is 5.32 Å². The monoisotopic (exact) mass is 414 g/mol. The number of amides is 4. The summed E-state index contributed by atoms with van der Waals surface area (Å²) in [5.74, 6) is -2.40. The van der Waals surface area contributed by atoms with Crippen molar-refractivity contribution in [2.24, 2.45) is 0 Å². The van der Waals surface area contributed by atoms with Crippen LogP contribution in [0.15, 0.2) is 54.1 Å². The minimum atomic E-state index is -1.11. The molecule has 1 atom stereocenters. The number of imide groups is 2. The molecular weight excluding hydrogens is 400 g/mol. The molecule has 2 N–H and O–H groups in total. The lowest BCUT2D eigenvalue weighted by Gasteiger charge is -2.26. The van der Waals surface area contributed by atoms with Crippen LogP contribution in [-0.4, -0.2) is 35.0 Å². The highest BCUT2D eigenvalue weighted by molar-refractivity contribution is 6.39. The van der Waals surface area contributed by atoms with Crippen molar-refractivity contribution in [1.29, 1.82) is 0 Å². The molecule has 1 saturated heterocycles. The van der Waals surface area contributed by atoms with Crippen LogP contribution in [0.5, 0.6) is 5.75 Å². The molecule has 0 aromatic heterocycles. The van der Waals surface area contributed by atoms with Gasteiger partial charge in [-0.3, -0.25) is 14.9 Å². The van der Waals surface area contributed by atoms with Crippen molar-refractivity contribution < 1.29 is 29.0 Å². The third-order valence-corrected chi connectivity index (χ3v) is 4.25. The second-order valence-electron chi connectivity index (χ2n) is 6.11. The molecule has 1 heterocycles. The van der Waals surface area contributed by atoms with E-state index in [1.165, 1.54) is 37.3 Å². The number of aliphatic carboxylic acids is 1. The molecule has 1 fully saturated rings. The van der Waals surface area contributed by atoms with Gasteiger partial charge in [0.05, 0.1) is 5.69 Å². The second kappa shape index (κ2) is 8.15. The van der Waals surface area contributed by atoms with Crippen molar-refractivity contribution >= 4 is 47.2 Å². The maximum atomic E-state index is 12.8. The highest BCUT2D eigenvalue weighted by atomic mass is 35.5. The highest BCUT2D eigenvalue weighted by Crippen LogP contribution is 2.25. The number of urea groups is 1. The Kier molecular flexibility index (Phi) is 5.65. The van der Waals surface area contributed by atoms with Crippen molar-refractivity contribution in [2.45, 2.75) is 13.0 Å². The van der Waals surface area contributed by atoms with Crippen LogP contribution >= 0.6 is 11.6 Å². The Balaban J connectivity index is 1.87. The number of halogens is 1. The minimum absolute atomic E-state index is 0.227. The van der Waals surface area contributed by atoms with Crippen molar-refractivity contribution in [1.82, 2.24) is 5.32 Å². The summed E-state index contributed by atoms with van der Waals surface area (Å²) in [4.78, 5) is 48.8. The SMILES string of the molecule is C[C@H](Oc1ccc(/C=C2/C(=O)NC(=O)N(c3cccc(Cl)c3)C2=O)cc1)C(=O)O. The zero-order valence-electron chi connectivity index (χ0n) is 15.1.